The fourth-order valence-electron chi connectivity index (χ4n) is 2.66. The van der Waals surface area contributed by atoms with Crippen LogP contribution in [0.5, 0.6) is 0 Å². The Morgan fingerprint density at radius 3 is 2.42 bits per heavy atom. The number of sulfonamides is 1. The average Bonchev–Trinajstić information content (AvgIpc) is 3.31. The Morgan fingerprint density at radius 2 is 1.83 bits per heavy atom. The predicted molar refractivity (Wildman–Crippen MR) is 82.7 cm³/mol. The zero-order chi connectivity index (χ0) is 17.3. The van der Waals surface area contributed by atoms with E-state index >= 15 is 0 Å². The van der Waals surface area contributed by atoms with Gasteiger partial charge in [0.1, 0.15) is 16.5 Å². The summed E-state index contributed by atoms with van der Waals surface area (Å²) in [6, 6.07) is 2.72. The van der Waals surface area contributed by atoms with Crippen LogP contribution in [0.25, 0.3) is 0 Å². The molecule has 1 aliphatic heterocycles. The minimum atomic E-state index is -4.01. The average molecular weight is 359 g/mol. The van der Waals surface area contributed by atoms with E-state index in [2.05, 4.69) is 5.32 Å². The van der Waals surface area contributed by atoms with Crippen molar-refractivity contribution < 1.29 is 22.0 Å². The summed E-state index contributed by atoms with van der Waals surface area (Å²) in [5, 5.41) is 2.88. The van der Waals surface area contributed by atoms with Gasteiger partial charge in [0.05, 0.1) is 6.54 Å². The van der Waals surface area contributed by atoms with Gasteiger partial charge in [0, 0.05) is 38.3 Å². The third-order valence-electron chi connectivity index (χ3n) is 4.15. The van der Waals surface area contributed by atoms with Gasteiger partial charge in [-0.15, -0.1) is 0 Å². The molecule has 0 atom stereocenters. The summed E-state index contributed by atoms with van der Waals surface area (Å²) >= 11 is 0. The third kappa shape index (κ3) is 3.90. The molecule has 1 heterocycles. The monoisotopic (exact) mass is 359 g/mol. The van der Waals surface area contributed by atoms with Crippen molar-refractivity contribution in [1.29, 1.82) is 0 Å². The van der Waals surface area contributed by atoms with E-state index in [9.17, 15) is 22.0 Å². The molecule has 2 fully saturated rings. The Hall–Kier alpha value is -1.58. The molecule has 0 unspecified atom stereocenters. The summed E-state index contributed by atoms with van der Waals surface area (Å²) in [5.74, 6) is -1.97. The van der Waals surface area contributed by atoms with Crippen LogP contribution in [-0.4, -0.2) is 62.3 Å². The number of nitrogens with one attached hydrogen (secondary N) is 1. The van der Waals surface area contributed by atoms with Crippen molar-refractivity contribution in [3.8, 4) is 0 Å². The van der Waals surface area contributed by atoms with Crippen molar-refractivity contribution in [1.82, 2.24) is 14.5 Å². The number of rotatable bonds is 5. The maximum atomic E-state index is 13.8. The molecule has 1 aromatic carbocycles. The number of amides is 1. The van der Waals surface area contributed by atoms with Gasteiger partial charge in [-0.3, -0.25) is 9.69 Å². The molecule has 1 amide bonds. The molecule has 1 saturated heterocycles. The number of halogens is 2. The number of benzene rings is 1. The normalized spacial score (nSPS) is 20.1. The highest BCUT2D eigenvalue weighted by Gasteiger charge is 2.31. The zero-order valence-electron chi connectivity index (χ0n) is 13.0. The van der Waals surface area contributed by atoms with Gasteiger partial charge in [-0.2, -0.15) is 4.31 Å². The summed E-state index contributed by atoms with van der Waals surface area (Å²) in [6.07, 6.45) is 2.03. The van der Waals surface area contributed by atoms with E-state index in [0.29, 0.717) is 25.2 Å². The minimum Gasteiger partial charge on any atom is -0.352 e. The Kier molecular flexibility index (Phi) is 4.84. The van der Waals surface area contributed by atoms with Crippen LogP contribution in [0.3, 0.4) is 0 Å². The Morgan fingerprint density at radius 1 is 1.17 bits per heavy atom. The molecule has 0 aromatic heterocycles. The van der Waals surface area contributed by atoms with Crippen LogP contribution in [0.2, 0.25) is 0 Å². The smallest absolute Gasteiger partial charge is 0.246 e. The second-order valence-electron chi connectivity index (χ2n) is 6.10. The van der Waals surface area contributed by atoms with Gasteiger partial charge in [-0.05, 0) is 25.0 Å². The summed E-state index contributed by atoms with van der Waals surface area (Å²) in [7, 11) is -4.01. The van der Waals surface area contributed by atoms with Crippen LogP contribution >= 0.6 is 0 Å². The Labute approximate surface area is 139 Å². The predicted octanol–water partition coefficient (Wildman–Crippen LogP) is 0.550. The molecule has 2 aliphatic rings. The molecule has 9 heteroatoms. The lowest BCUT2D eigenvalue weighted by Gasteiger charge is -2.33. The molecule has 1 aromatic rings. The maximum Gasteiger partial charge on any atom is 0.246 e. The molecule has 0 bridgehead atoms. The van der Waals surface area contributed by atoms with Crippen LogP contribution in [0.4, 0.5) is 8.78 Å². The summed E-state index contributed by atoms with van der Waals surface area (Å²) in [5.41, 5.74) is 0. The van der Waals surface area contributed by atoms with Gasteiger partial charge in [0.2, 0.25) is 15.9 Å². The highest BCUT2D eigenvalue weighted by atomic mass is 32.2. The molecular weight excluding hydrogens is 340 g/mol. The lowest BCUT2D eigenvalue weighted by molar-refractivity contribution is -0.122. The van der Waals surface area contributed by atoms with Crippen molar-refractivity contribution in [3.63, 3.8) is 0 Å². The van der Waals surface area contributed by atoms with E-state index in [0.717, 1.165) is 25.0 Å². The fourth-order valence-corrected chi connectivity index (χ4v) is 4.12. The highest BCUT2D eigenvalue weighted by molar-refractivity contribution is 7.89. The number of nitrogens with zero attached hydrogens (tertiary/aromatic N) is 2. The summed E-state index contributed by atoms with van der Waals surface area (Å²) < 4.78 is 52.8. The molecule has 1 aliphatic carbocycles. The summed E-state index contributed by atoms with van der Waals surface area (Å²) in [6.45, 7) is 1.33. The molecule has 3 rings (SSSR count). The van der Waals surface area contributed by atoms with Crippen molar-refractivity contribution in [2.75, 3.05) is 32.7 Å². The van der Waals surface area contributed by atoms with Gasteiger partial charge in [0.25, 0.3) is 0 Å². The molecule has 1 N–H and O–H groups in total. The molecule has 0 spiro atoms. The first kappa shape index (κ1) is 17.2. The van der Waals surface area contributed by atoms with E-state index in [-0.39, 0.29) is 25.5 Å². The van der Waals surface area contributed by atoms with Gasteiger partial charge >= 0.3 is 0 Å². The summed E-state index contributed by atoms with van der Waals surface area (Å²) in [4.78, 5) is 13.1. The third-order valence-corrected chi connectivity index (χ3v) is 6.08. The van der Waals surface area contributed by atoms with E-state index < -0.39 is 26.6 Å². The number of carbonyl (C=O) groups excluding carboxylic acids is 1. The van der Waals surface area contributed by atoms with Gasteiger partial charge in [0.15, 0.2) is 0 Å². The molecule has 24 heavy (non-hydrogen) atoms. The van der Waals surface area contributed by atoms with E-state index in [4.69, 9.17) is 0 Å². The van der Waals surface area contributed by atoms with Crippen LogP contribution in [0.15, 0.2) is 23.1 Å². The van der Waals surface area contributed by atoms with Crippen molar-refractivity contribution in [2.45, 2.75) is 23.8 Å². The van der Waals surface area contributed by atoms with Crippen LogP contribution in [0, 0.1) is 11.6 Å². The van der Waals surface area contributed by atoms with Gasteiger partial charge < -0.3 is 5.32 Å². The van der Waals surface area contributed by atoms with E-state index in [1.807, 2.05) is 4.90 Å². The molecular formula is C15H19F2N3O3S. The number of hydrogen-bond donors (Lipinski definition) is 1. The SMILES string of the molecule is O=C(CN1CCN(S(=O)(=O)c2ccc(F)cc2F)CC1)NC1CC1. The van der Waals surface area contributed by atoms with Crippen molar-refractivity contribution in [2.24, 2.45) is 0 Å². The fraction of sp³-hybridized carbons (Fsp3) is 0.533. The first-order valence-corrected chi connectivity index (χ1v) is 9.27. The standard InChI is InChI=1S/C15H19F2N3O3S/c16-11-1-4-14(13(17)9-11)24(22,23)20-7-5-19(6-8-20)10-15(21)18-12-2-3-12/h1,4,9,12H,2-3,5-8,10H2,(H,18,21). The van der Waals surface area contributed by atoms with Gasteiger partial charge in [-0.25, -0.2) is 17.2 Å². The van der Waals surface area contributed by atoms with Crippen LogP contribution in [-0.2, 0) is 14.8 Å². The van der Waals surface area contributed by atoms with Gasteiger partial charge in [-0.1, -0.05) is 0 Å². The first-order valence-electron chi connectivity index (χ1n) is 7.83. The quantitative estimate of drug-likeness (QED) is 0.834. The lowest BCUT2D eigenvalue weighted by atomic mass is 10.3. The second-order valence-corrected chi connectivity index (χ2v) is 8.00. The largest absolute Gasteiger partial charge is 0.352 e. The minimum absolute atomic E-state index is 0.0570. The Bertz CT molecular complexity index is 729. The molecule has 6 nitrogen and oxygen atoms in total. The first-order chi connectivity index (χ1) is 11.4. The maximum absolute atomic E-state index is 13.8. The Balaban J connectivity index is 1.59. The topological polar surface area (TPSA) is 69.7 Å². The zero-order valence-corrected chi connectivity index (χ0v) is 13.9. The van der Waals surface area contributed by atoms with E-state index in [1.165, 1.54) is 4.31 Å². The number of carbonyl (C=O) groups is 1. The van der Waals surface area contributed by atoms with Crippen LogP contribution in [0.1, 0.15) is 12.8 Å². The van der Waals surface area contributed by atoms with E-state index in [1.54, 1.807) is 0 Å². The molecule has 1 saturated carbocycles. The number of piperazine rings is 1. The lowest BCUT2D eigenvalue weighted by Crippen LogP contribution is -2.51. The number of hydrogen-bond acceptors (Lipinski definition) is 4. The molecule has 132 valence electrons. The van der Waals surface area contributed by atoms with Crippen molar-refractivity contribution in [3.05, 3.63) is 29.8 Å². The second kappa shape index (κ2) is 6.73. The van der Waals surface area contributed by atoms with Crippen LogP contribution < -0.4 is 5.32 Å². The van der Waals surface area contributed by atoms with Crippen molar-refractivity contribution >= 4 is 15.9 Å². The molecule has 0 radical (unpaired) electrons. The highest BCUT2D eigenvalue weighted by Crippen LogP contribution is 2.21.